The number of sulfone groups is 1. The molecule has 4 rings (SSSR count). The molecule has 4 aromatic carbocycles. The minimum Gasteiger partial charge on any atom is -0.508 e. The van der Waals surface area contributed by atoms with Gasteiger partial charge in [-0.15, -0.1) is 0 Å². The topological polar surface area (TPSA) is 54.4 Å². The Hall–Kier alpha value is -3.37. The van der Waals surface area contributed by atoms with Crippen LogP contribution in [0.15, 0.2) is 126 Å². The van der Waals surface area contributed by atoms with Gasteiger partial charge < -0.3 is 5.11 Å². The van der Waals surface area contributed by atoms with Gasteiger partial charge >= 0.3 is 0 Å². The number of phenols is 1. The second kappa shape index (κ2) is 9.71. The zero-order valence-electron chi connectivity index (χ0n) is 15.8. The molecule has 0 aromatic heterocycles. The first-order chi connectivity index (χ1) is 14.1. The van der Waals surface area contributed by atoms with Crippen LogP contribution in [0, 0.1) is 0 Å². The summed E-state index contributed by atoms with van der Waals surface area (Å²) >= 11 is 0. The van der Waals surface area contributed by atoms with Crippen LogP contribution < -0.4 is 0 Å². The first-order valence-electron chi connectivity index (χ1n) is 9.22. The van der Waals surface area contributed by atoms with Crippen molar-refractivity contribution in [1.82, 2.24) is 0 Å². The molecule has 146 valence electrons. The highest BCUT2D eigenvalue weighted by Gasteiger charge is 2.30. The van der Waals surface area contributed by atoms with Crippen LogP contribution >= 0.6 is 0 Å². The molecule has 0 bridgehead atoms. The Morgan fingerprint density at radius 3 is 1.21 bits per heavy atom. The second-order valence-electron chi connectivity index (χ2n) is 6.40. The highest BCUT2D eigenvalue weighted by atomic mass is 32.2. The molecule has 0 saturated heterocycles. The number of hydrogen-bond acceptors (Lipinski definition) is 3. The molecule has 29 heavy (non-hydrogen) atoms. The van der Waals surface area contributed by atoms with E-state index in [1.165, 1.54) is 0 Å². The molecule has 0 heterocycles. The maximum absolute atomic E-state index is 13.1. The van der Waals surface area contributed by atoms with Crippen LogP contribution in [0.2, 0.25) is 0 Å². The number of hydrogen-bond donors (Lipinski definition) is 1. The summed E-state index contributed by atoms with van der Waals surface area (Å²) in [6.45, 7) is 0. The lowest BCUT2D eigenvalue weighted by Gasteiger charge is -2.19. The van der Waals surface area contributed by atoms with E-state index in [4.69, 9.17) is 5.11 Å². The van der Waals surface area contributed by atoms with Crippen LogP contribution in [-0.2, 0) is 9.84 Å². The lowest BCUT2D eigenvalue weighted by atomic mass is 10.0. The van der Waals surface area contributed by atoms with Crippen molar-refractivity contribution in [3.63, 3.8) is 0 Å². The minimum atomic E-state index is -3.51. The summed E-state index contributed by atoms with van der Waals surface area (Å²) in [6, 6.07) is 36.0. The molecule has 0 aliphatic carbocycles. The molecule has 4 heteroatoms. The Kier molecular flexibility index (Phi) is 6.82. The Balaban J connectivity index is 0.000000290. The van der Waals surface area contributed by atoms with Crippen molar-refractivity contribution in [2.75, 3.05) is 0 Å². The molecule has 0 aliphatic rings. The number of rotatable bonds is 4. The quantitative estimate of drug-likeness (QED) is 0.480. The molecule has 1 N–H and O–H groups in total. The lowest BCUT2D eigenvalue weighted by Crippen LogP contribution is -2.15. The summed E-state index contributed by atoms with van der Waals surface area (Å²) in [7, 11) is -3.51. The lowest BCUT2D eigenvalue weighted by molar-refractivity contribution is 0.475. The zero-order chi connectivity index (χ0) is 20.5. The van der Waals surface area contributed by atoms with Gasteiger partial charge in [-0.2, -0.15) is 0 Å². The smallest absolute Gasteiger partial charge is 0.189 e. The molecule has 0 spiro atoms. The number of benzene rings is 4. The van der Waals surface area contributed by atoms with E-state index in [1.807, 2.05) is 72.8 Å². The normalized spacial score (nSPS) is 10.8. The zero-order valence-corrected chi connectivity index (χ0v) is 16.6. The van der Waals surface area contributed by atoms with E-state index < -0.39 is 15.1 Å². The van der Waals surface area contributed by atoms with Crippen molar-refractivity contribution in [3.8, 4) is 5.75 Å². The third-order valence-corrected chi connectivity index (χ3v) is 6.44. The van der Waals surface area contributed by atoms with E-state index in [2.05, 4.69) is 0 Å². The van der Waals surface area contributed by atoms with Gasteiger partial charge in [-0.1, -0.05) is 97.1 Å². The maximum Gasteiger partial charge on any atom is 0.189 e. The maximum atomic E-state index is 13.1. The summed E-state index contributed by atoms with van der Waals surface area (Å²) < 4.78 is 26.3. The number of aromatic hydroxyl groups is 1. The average molecular weight is 403 g/mol. The molecular formula is C25H22O3S. The highest BCUT2D eigenvalue weighted by molar-refractivity contribution is 7.91. The highest BCUT2D eigenvalue weighted by Crippen LogP contribution is 2.34. The Bertz CT molecular complexity index is 1060. The fraction of sp³-hybridized carbons (Fsp3) is 0.0400. The van der Waals surface area contributed by atoms with Crippen molar-refractivity contribution in [3.05, 3.63) is 132 Å². The Labute approximate surface area is 171 Å². The van der Waals surface area contributed by atoms with Gasteiger partial charge in [0.1, 0.15) is 11.0 Å². The second-order valence-corrected chi connectivity index (χ2v) is 8.43. The van der Waals surface area contributed by atoms with Crippen LogP contribution in [0.4, 0.5) is 0 Å². The van der Waals surface area contributed by atoms with Gasteiger partial charge in [0.2, 0.25) is 0 Å². The van der Waals surface area contributed by atoms with Gasteiger partial charge in [-0.05, 0) is 35.4 Å². The minimum absolute atomic E-state index is 0.322. The van der Waals surface area contributed by atoms with Crippen LogP contribution in [-0.4, -0.2) is 13.5 Å². The Morgan fingerprint density at radius 2 is 0.862 bits per heavy atom. The van der Waals surface area contributed by atoms with Crippen molar-refractivity contribution in [2.24, 2.45) is 0 Å². The van der Waals surface area contributed by atoms with E-state index >= 15 is 0 Å². The fourth-order valence-electron chi connectivity index (χ4n) is 2.98. The van der Waals surface area contributed by atoms with Crippen molar-refractivity contribution in [2.45, 2.75) is 10.1 Å². The molecular weight excluding hydrogens is 380 g/mol. The third kappa shape index (κ3) is 5.33. The van der Waals surface area contributed by atoms with Crippen LogP contribution in [0.1, 0.15) is 16.4 Å². The van der Waals surface area contributed by atoms with E-state index in [-0.39, 0.29) is 0 Å². The molecule has 0 amide bonds. The standard InChI is InChI=1S/C19H16O2S.C6H6O/c20-22(21,18-14-8-3-9-15-18)19(16-10-4-1-5-11-16)17-12-6-2-7-13-17;7-6-4-2-1-3-5-6/h1-15,19H;1-5,7H. The summed E-state index contributed by atoms with van der Waals surface area (Å²) in [5.74, 6) is 0.322. The molecule has 0 fully saturated rings. The predicted molar refractivity (Wildman–Crippen MR) is 116 cm³/mol. The van der Waals surface area contributed by atoms with Gasteiger partial charge in [0.05, 0.1) is 4.90 Å². The van der Waals surface area contributed by atoms with Gasteiger partial charge in [0.25, 0.3) is 0 Å². The number of phenolic OH excluding ortho intramolecular Hbond substituents is 1. The first kappa shape index (κ1) is 20.4. The SMILES string of the molecule is O=S(=O)(c1ccccc1)C(c1ccccc1)c1ccccc1.Oc1ccccc1. The van der Waals surface area contributed by atoms with Gasteiger partial charge in [0, 0.05) is 0 Å². The molecule has 4 aromatic rings. The monoisotopic (exact) mass is 402 g/mol. The van der Waals surface area contributed by atoms with E-state index in [0.29, 0.717) is 10.6 Å². The molecule has 0 aliphatic heterocycles. The van der Waals surface area contributed by atoms with E-state index in [0.717, 1.165) is 11.1 Å². The Morgan fingerprint density at radius 1 is 0.517 bits per heavy atom. The van der Waals surface area contributed by atoms with Crippen LogP contribution in [0.3, 0.4) is 0 Å². The van der Waals surface area contributed by atoms with Crippen LogP contribution in [0.25, 0.3) is 0 Å². The summed E-state index contributed by atoms with van der Waals surface area (Å²) in [5, 5.41) is 7.94. The molecule has 0 unspecified atom stereocenters. The number of para-hydroxylation sites is 1. The largest absolute Gasteiger partial charge is 0.508 e. The summed E-state index contributed by atoms with van der Waals surface area (Å²) in [4.78, 5) is 0.340. The van der Waals surface area contributed by atoms with Gasteiger partial charge in [-0.3, -0.25) is 0 Å². The predicted octanol–water partition coefficient (Wildman–Crippen LogP) is 5.64. The fourth-order valence-corrected chi connectivity index (χ4v) is 4.82. The van der Waals surface area contributed by atoms with Crippen molar-refractivity contribution in [1.29, 1.82) is 0 Å². The van der Waals surface area contributed by atoms with Gasteiger partial charge in [0.15, 0.2) is 9.84 Å². The van der Waals surface area contributed by atoms with E-state index in [9.17, 15) is 8.42 Å². The molecule has 3 nitrogen and oxygen atoms in total. The average Bonchev–Trinajstić information content (AvgIpc) is 2.77. The third-order valence-electron chi connectivity index (χ3n) is 4.34. The van der Waals surface area contributed by atoms with Crippen molar-refractivity contribution >= 4 is 9.84 Å². The van der Waals surface area contributed by atoms with Crippen molar-refractivity contribution < 1.29 is 13.5 Å². The summed E-state index contributed by atoms with van der Waals surface area (Å²) in [6.07, 6.45) is 0. The molecule has 0 atom stereocenters. The molecule has 0 saturated carbocycles. The first-order valence-corrected chi connectivity index (χ1v) is 10.8. The molecule has 0 radical (unpaired) electrons. The summed E-state index contributed by atoms with van der Waals surface area (Å²) in [5.41, 5.74) is 1.55. The van der Waals surface area contributed by atoms with Crippen LogP contribution in [0.5, 0.6) is 5.75 Å². The van der Waals surface area contributed by atoms with Gasteiger partial charge in [-0.25, -0.2) is 8.42 Å². The van der Waals surface area contributed by atoms with E-state index in [1.54, 1.807) is 48.5 Å².